The number of pyridine rings is 1. The van der Waals surface area contributed by atoms with Gasteiger partial charge in [0.15, 0.2) is 0 Å². The van der Waals surface area contributed by atoms with E-state index in [1.807, 2.05) is 45.0 Å². The summed E-state index contributed by atoms with van der Waals surface area (Å²) in [5.74, 6) is -0.323. The number of hydrogen-bond donors (Lipinski definition) is 1. The Kier molecular flexibility index (Phi) is 4.21. The lowest BCUT2D eigenvalue weighted by molar-refractivity contribution is 0.0699. The average Bonchev–Trinajstić information content (AvgIpc) is 2.56. The number of ether oxygens (including phenoxy) is 1. The second kappa shape index (κ2) is 6.32. The molecule has 3 aromatic rings. The van der Waals surface area contributed by atoms with Gasteiger partial charge in [0.2, 0.25) is 0 Å². The number of aromatic carboxylic acids is 1. The van der Waals surface area contributed by atoms with Crippen molar-refractivity contribution in [1.82, 2.24) is 4.98 Å². The normalized spacial score (nSPS) is 10.8. The summed E-state index contributed by atoms with van der Waals surface area (Å²) >= 11 is 0. The highest BCUT2D eigenvalue weighted by Crippen LogP contribution is 2.29. The van der Waals surface area contributed by atoms with Crippen LogP contribution in [0.3, 0.4) is 0 Å². The van der Waals surface area contributed by atoms with Crippen molar-refractivity contribution in [2.75, 3.05) is 6.61 Å². The predicted molar refractivity (Wildman–Crippen MR) is 94.8 cm³/mol. The van der Waals surface area contributed by atoms with E-state index in [0.29, 0.717) is 29.0 Å². The van der Waals surface area contributed by atoms with Gasteiger partial charge in [0, 0.05) is 10.9 Å². The van der Waals surface area contributed by atoms with Crippen molar-refractivity contribution >= 4 is 16.9 Å². The van der Waals surface area contributed by atoms with Crippen LogP contribution in [0.5, 0.6) is 5.75 Å². The molecular weight excluding hydrogens is 302 g/mol. The summed E-state index contributed by atoms with van der Waals surface area (Å²) in [7, 11) is 0. The first-order valence-electron chi connectivity index (χ1n) is 7.88. The number of carbonyl (C=O) groups is 1. The van der Waals surface area contributed by atoms with Gasteiger partial charge < -0.3 is 9.84 Å². The van der Waals surface area contributed by atoms with Gasteiger partial charge in [0.25, 0.3) is 0 Å². The smallest absolute Gasteiger partial charge is 0.336 e. The molecule has 0 amide bonds. The minimum Gasteiger partial charge on any atom is -0.494 e. The zero-order chi connectivity index (χ0) is 17.3. The van der Waals surface area contributed by atoms with E-state index in [0.717, 1.165) is 16.7 Å². The summed E-state index contributed by atoms with van der Waals surface area (Å²) in [6.45, 7) is 6.43. The molecule has 0 saturated heterocycles. The molecule has 0 spiro atoms. The molecular formula is C20H19NO3. The van der Waals surface area contributed by atoms with Crippen LogP contribution >= 0.6 is 0 Å². The fourth-order valence-corrected chi connectivity index (χ4v) is 2.79. The van der Waals surface area contributed by atoms with Crippen LogP contribution in [0, 0.1) is 13.8 Å². The van der Waals surface area contributed by atoms with Crippen molar-refractivity contribution in [2.45, 2.75) is 20.8 Å². The lowest BCUT2D eigenvalue weighted by Gasteiger charge is -2.11. The Morgan fingerprint density at radius 1 is 1.12 bits per heavy atom. The second-order valence-electron chi connectivity index (χ2n) is 5.79. The van der Waals surface area contributed by atoms with E-state index < -0.39 is 5.97 Å². The van der Waals surface area contributed by atoms with Crippen LogP contribution in [0.4, 0.5) is 0 Å². The highest BCUT2D eigenvalue weighted by atomic mass is 16.5. The van der Waals surface area contributed by atoms with Gasteiger partial charge in [-0.25, -0.2) is 9.78 Å². The molecule has 24 heavy (non-hydrogen) atoms. The summed E-state index contributed by atoms with van der Waals surface area (Å²) in [5.41, 5.74) is 4.68. The lowest BCUT2D eigenvalue weighted by atomic mass is 9.99. The van der Waals surface area contributed by atoms with E-state index in [2.05, 4.69) is 4.98 Å². The molecule has 4 heteroatoms. The Hall–Kier alpha value is -2.88. The van der Waals surface area contributed by atoms with Crippen LogP contribution in [0.25, 0.3) is 22.2 Å². The quantitative estimate of drug-likeness (QED) is 0.762. The van der Waals surface area contributed by atoms with Crippen LogP contribution in [0.2, 0.25) is 0 Å². The summed E-state index contributed by atoms with van der Waals surface area (Å²) in [4.78, 5) is 16.4. The summed E-state index contributed by atoms with van der Waals surface area (Å²) in [6, 6.07) is 13.1. The Morgan fingerprint density at radius 3 is 2.62 bits per heavy atom. The lowest BCUT2D eigenvalue weighted by Crippen LogP contribution is -2.01. The molecule has 2 aromatic carbocycles. The van der Waals surface area contributed by atoms with Crippen molar-refractivity contribution in [3.8, 4) is 17.0 Å². The first kappa shape index (κ1) is 16.0. The summed E-state index contributed by atoms with van der Waals surface area (Å²) < 4.78 is 5.48. The van der Waals surface area contributed by atoms with Crippen molar-refractivity contribution in [3.63, 3.8) is 0 Å². The number of benzene rings is 2. The number of fused-ring (bicyclic) bond motifs is 1. The van der Waals surface area contributed by atoms with Gasteiger partial charge in [-0.1, -0.05) is 17.7 Å². The van der Waals surface area contributed by atoms with Crippen LogP contribution < -0.4 is 4.74 Å². The maximum atomic E-state index is 11.8. The monoisotopic (exact) mass is 321 g/mol. The molecule has 0 atom stereocenters. The molecule has 1 aromatic heterocycles. The zero-order valence-corrected chi connectivity index (χ0v) is 14.0. The predicted octanol–water partition coefficient (Wildman–Crippen LogP) is 4.62. The minimum atomic E-state index is -0.970. The maximum Gasteiger partial charge on any atom is 0.336 e. The standard InChI is InChI=1S/C20H19NO3/c1-4-24-14-7-8-18-16(10-14)17(20(22)23)11-19(21-18)15-9-12(2)5-6-13(15)3/h5-11H,4H2,1-3H3,(H,22,23). The molecule has 1 N–H and O–H groups in total. The van der Waals surface area contributed by atoms with E-state index in [9.17, 15) is 9.90 Å². The van der Waals surface area contributed by atoms with Gasteiger partial charge in [-0.3, -0.25) is 0 Å². The number of aromatic nitrogens is 1. The molecule has 0 aliphatic rings. The molecule has 1 heterocycles. The van der Waals surface area contributed by atoms with Crippen LogP contribution in [-0.2, 0) is 0 Å². The van der Waals surface area contributed by atoms with Crippen LogP contribution in [0.1, 0.15) is 28.4 Å². The zero-order valence-electron chi connectivity index (χ0n) is 14.0. The average molecular weight is 321 g/mol. The van der Waals surface area contributed by atoms with Crippen LogP contribution in [0.15, 0.2) is 42.5 Å². The number of carboxylic acids is 1. The van der Waals surface area contributed by atoms with E-state index in [-0.39, 0.29) is 5.56 Å². The molecule has 0 aliphatic carbocycles. The number of carboxylic acid groups (broad SMARTS) is 1. The Morgan fingerprint density at radius 2 is 1.92 bits per heavy atom. The van der Waals surface area contributed by atoms with Gasteiger partial charge >= 0.3 is 5.97 Å². The van der Waals surface area contributed by atoms with Crippen molar-refractivity contribution in [2.24, 2.45) is 0 Å². The van der Waals surface area contributed by atoms with E-state index in [1.54, 1.807) is 18.2 Å². The van der Waals surface area contributed by atoms with Crippen molar-refractivity contribution in [1.29, 1.82) is 0 Å². The molecule has 4 nitrogen and oxygen atoms in total. The second-order valence-corrected chi connectivity index (χ2v) is 5.79. The van der Waals surface area contributed by atoms with E-state index >= 15 is 0 Å². The Bertz CT molecular complexity index is 932. The third-order valence-corrected chi connectivity index (χ3v) is 3.99. The number of nitrogens with zero attached hydrogens (tertiary/aromatic N) is 1. The molecule has 0 bridgehead atoms. The summed E-state index contributed by atoms with van der Waals surface area (Å²) in [6.07, 6.45) is 0. The minimum absolute atomic E-state index is 0.234. The summed E-state index contributed by atoms with van der Waals surface area (Å²) in [5, 5.41) is 10.2. The fraction of sp³-hybridized carbons (Fsp3) is 0.200. The number of hydrogen-bond acceptors (Lipinski definition) is 3. The Labute approximate surface area is 140 Å². The van der Waals surface area contributed by atoms with Gasteiger partial charge in [-0.2, -0.15) is 0 Å². The van der Waals surface area contributed by atoms with Crippen LogP contribution in [-0.4, -0.2) is 22.7 Å². The molecule has 122 valence electrons. The molecule has 3 rings (SSSR count). The van der Waals surface area contributed by atoms with Crippen molar-refractivity contribution in [3.05, 3.63) is 59.2 Å². The molecule has 0 unspecified atom stereocenters. The molecule has 0 aliphatic heterocycles. The molecule has 0 saturated carbocycles. The maximum absolute atomic E-state index is 11.8. The third-order valence-electron chi connectivity index (χ3n) is 3.99. The first-order valence-corrected chi connectivity index (χ1v) is 7.88. The fourth-order valence-electron chi connectivity index (χ4n) is 2.79. The third kappa shape index (κ3) is 2.95. The topological polar surface area (TPSA) is 59.4 Å². The highest BCUT2D eigenvalue weighted by molar-refractivity contribution is 6.04. The molecule has 0 radical (unpaired) electrons. The molecule has 0 fully saturated rings. The van der Waals surface area contributed by atoms with Gasteiger partial charge in [0.05, 0.1) is 23.4 Å². The number of rotatable bonds is 4. The van der Waals surface area contributed by atoms with Gasteiger partial charge in [0.1, 0.15) is 5.75 Å². The van der Waals surface area contributed by atoms with E-state index in [1.165, 1.54) is 0 Å². The Balaban J connectivity index is 2.26. The van der Waals surface area contributed by atoms with E-state index in [4.69, 9.17) is 4.74 Å². The largest absolute Gasteiger partial charge is 0.494 e. The SMILES string of the molecule is CCOc1ccc2nc(-c3cc(C)ccc3C)cc(C(=O)O)c2c1. The van der Waals surface area contributed by atoms with Gasteiger partial charge in [-0.05, 0) is 56.7 Å². The first-order chi connectivity index (χ1) is 11.5. The highest BCUT2D eigenvalue weighted by Gasteiger charge is 2.15. The van der Waals surface area contributed by atoms with Crippen molar-refractivity contribution < 1.29 is 14.6 Å². The van der Waals surface area contributed by atoms with Gasteiger partial charge in [-0.15, -0.1) is 0 Å². The number of aryl methyl sites for hydroxylation is 2.